The van der Waals surface area contributed by atoms with E-state index in [9.17, 15) is 9.59 Å². The molecule has 1 saturated heterocycles. The van der Waals surface area contributed by atoms with Crippen molar-refractivity contribution in [3.05, 3.63) is 0 Å². The molecule has 0 radical (unpaired) electrons. The van der Waals surface area contributed by atoms with Gasteiger partial charge in [0.05, 0.1) is 5.92 Å². The highest BCUT2D eigenvalue weighted by Crippen LogP contribution is 2.22. The van der Waals surface area contributed by atoms with Crippen LogP contribution in [0.3, 0.4) is 0 Å². The van der Waals surface area contributed by atoms with Crippen LogP contribution < -0.4 is 0 Å². The molecule has 2 atom stereocenters. The maximum Gasteiger partial charge on any atom is 0.308 e. The van der Waals surface area contributed by atoms with E-state index in [-0.39, 0.29) is 11.8 Å². The van der Waals surface area contributed by atoms with Crippen LogP contribution in [-0.2, 0) is 14.3 Å². The molecule has 2 unspecified atom stereocenters. The fourth-order valence-corrected chi connectivity index (χ4v) is 2.36. The Hall–Kier alpha value is -1.10. The van der Waals surface area contributed by atoms with Gasteiger partial charge in [0, 0.05) is 32.7 Å². The Morgan fingerprint density at radius 3 is 2.72 bits per heavy atom. The SMILES string of the molecule is CCOCCCC(=O)N1CC(C)CC(C(=O)O)C1. The molecular weight excluding hydrogens is 234 g/mol. The molecule has 1 rings (SSSR count). The first-order valence-corrected chi connectivity index (χ1v) is 6.62. The number of hydrogen-bond donors (Lipinski definition) is 1. The maximum absolute atomic E-state index is 12.0. The molecule has 0 saturated carbocycles. The number of carbonyl (C=O) groups excluding carboxylic acids is 1. The molecule has 0 spiro atoms. The fraction of sp³-hybridized carbons (Fsp3) is 0.846. The third-order valence-electron chi connectivity index (χ3n) is 3.25. The summed E-state index contributed by atoms with van der Waals surface area (Å²) >= 11 is 0. The normalized spacial score (nSPS) is 24.0. The molecule has 5 heteroatoms. The van der Waals surface area contributed by atoms with Crippen LogP contribution in [-0.4, -0.2) is 48.2 Å². The first kappa shape index (κ1) is 15.0. The molecule has 1 aliphatic rings. The Morgan fingerprint density at radius 1 is 1.39 bits per heavy atom. The number of amides is 1. The van der Waals surface area contributed by atoms with E-state index in [1.165, 1.54) is 0 Å². The Labute approximate surface area is 108 Å². The van der Waals surface area contributed by atoms with Crippen molar-refractivity contribution in [3.63, 3.8) is 0 Å². The molecule has 104 valence electrons. The van der Waals surface area contributed by atoms with Gasteiger partial charge in [0.15, 0.2) is 0 Å². The van der Waals surface area contributed by atoms with Crippen molar-refractivity contribution in [1.29, 1.82) is 0 Å². The largest absolute Gasteiger partial charge is 0.481 e. The van der Waals surface area contributed by atoms with Crippen molar-refractivity contribution >= 4 is 11.9 Å². The van der Waals surface area contributed by atoms with Crippen LogP contribution in [0.5, 0.6) is 0 Å². The highest BCUT2D eigenvalue weighted by molar-refractivity contribution is 5.78. The van der Waals surface area contributed by atoms with Crippen LogP contribution in [0.1, 0.15) is 33.1 Å². The van der Waals surface area contributed by atoms with Crippen LogP contribution in [0.15, 0.2) is 0 Å². The Balaban J connectivity index is 2.39. The molecule has 0 aromatic rings. The molecule has 1 aliphatic heterocycles. The predicted octanol–water partition coefficient (Wildman–Crippen LogP) is 1.37. The summed E-state index contributed by atoms with van der Waals surface area (Å²) in [6.45, 7) is 6.20. The fourth-order valence-electron chi connectivity index (χ4n) is 2.36. The number of aliphatic carboxylic acids is 1. The van der Waals surface area contributed by atoms with Gasteiger partial charge >= 0.3 is 5.97 Å². The number of carboxylic acid groups (broad SMARTS) is 1. The van der Waals surface area contributed by atoms with Crippen molar-refractivity contribution < 1.29 is 19.4 Å². The quantitative estimate of drug-likeness (QED) is 0.730. The number of likely N-dealkylation sites (tertiary alicyclic amines) is 1. The number of carbonyl (C=O) groups is 2. The van der Waals surface area contributed by atoms with Gasteiger partial charge in [-0.05, 0) is 25.7 Å². The van der Waals surface area contributed by atoms with E-state index >= 15 is 0 Å². The molecule has 1 N–H and O–H groups in total. The van der Waals surface area contributed by atoms with E-state index in [0.29, 0.717) is 45.6 Å². The van der Waals surface area contributed by atoms with Crippen LogP contribution in [0.25, 0.3) is 0 Å². The summed E-state index contributed by atoms with van der Waals surface area (Å²) in [5.74, 6) is -0.901. The topological polar surface area (TPSA) is 66.8 Å². The molecule has 18 heavy (non-hydrogen) atoms. The minimum atomic E-state index is -0.798. The monoisotopic (exact) mass is 257 g/mol. The van der Waals surface area contributed by atoms with Gasteiger partial charge in [-0.15, -0.1) is 0 Å². The lowest BCUT2D eigenvalue weighted by molar-refractivity contribution is -0.147. The maximum atomic E-state index is 12.0. The average molecular weight is 257 g/mol. The summed E-state index contributed by atoms with van der Waals surface area (Å²) in [5.41, 5.74) is 0. The van der Waals surface area contributed by atoms with Crippen LogP contribution in [0.4, 0.5) is 0 Å². The lowest BCUT2D eigenvalue weighted by Crippen LogP contribution is -2.45. The van der Waals surface area contributed by atoms with Gasteiger partial charge in [0.1, 0.15) is 0 Å². The molecule has 5 nitrogen and oxygen atoms in total. The molecule has 1 amide bonds. The van der Waals surface area contributed by atoms with Crippen LogP contribution in [0, 0.1) is 11.8 Å². The summed E-state index contributed by atoms with van der Waals surface area (Å²) < 4.78 is 5.19. The second-order valence-electron chi connectivity index (χ2n) is 4.98. The van der Waals surface area contributed by atoms with E-state index in [1.54, 1.807) is 4.90 Å². The van der Waals surface area contributed by atoms with Gasteiger partial charge < -0.3 is 14.7 Å². The number of hydrogen-bond acceptors (Lipinski definition) is 3. The Kier molecular flexibility index (Phi) is 6.12. The zero-order valence-corrected chi connectivity index (χ0v) is 11.2. The number of ether oxygens (including phenoxy) is 1. The second-order valence-corrected chi connectivity index (χ2v) is 4.98. The minimum Gasteiger partial charge on any atom is -0.481 e. The first-order chi connectivity index (χ1) is 8.54. The third-order valence-corrected chi connectivity index (χ3v) is 3.25. The van der Waals surface area contributed by atoms with E-state index in [4.69, 9.17) is 9.84 Å². The Morgan fingerprint density at radius 2 is 2.11 bits per heavy atom. The number of rotatable bonds is 6. The molecule has 0 aromatic heterocycles. The first-order valence-electron chi connectivity index (χ1n) is 6.62. The predicted molar refractivity (Wildman–Crippen MR) is 67.2 cm³/mol. The molecule has 0 bridgehead atoms. The van der Waals surface area contributed by atoms with Gasteiger partial charge in [-0.1, -0.05) is 6.92 Å². The van der Waals surface area contributed by atoms with Gasteiger partial charge in [-0.2, -0.15) is 0 Å². The van der Waals surface area contributed by atoms with E-state index in [2.05, 4.69) is 0 Å². The highest BCUT2D eigenvalue weighted by atomic mass is 16.5. The van der Waals surface area contributed by atoms with E-state index in [1.807, 2.05) is 13.8 Å². The minimum absolute atomic E-state index is 0.0486. The van der Waals surface area contributed by atoms with Gasteiger partial charge in [-0.25, -0.2) is 0 Å². The van der Waals surface area contributed by atoms with Crippen molar-refractivity contribution in [2.24, 2.45) is 11.8 Å². The van der Waals surface area contributed by atoms with Crippen molar-refractivity contribution in [1.82, 2.24) is 4.90 Å². The average Bonchev–Trinajstić information content (AvgIpc) is 2.33. The highest BCUT2D eigenvalue weighted by Gasteiger charge is 2.31. The number of nitrogens with zero attached hydrogens (tertiary/aromatic N) is 1. The van der Waals surface area contributed by atoms with E-state index in [0.717, 1.165) is 0 Å². The number of carboxylic acids is 1. The Bertz CT molecular complexity index is 293. The van der Waals surface area contributed by atoms with Crippen LogP contribution in [0.2, 0.25) is 0 Å². The summed E-state index contributed by atoms with van der Waals surface area (Å²) in [5, 5.41) is 9.04. The van der Waals surface area contributed by atoms with Gasteiger partial charge in [0.25, 0.3) is 0 Å². The molecule has 0 aromatic carbocycles. The van der Waals surface area contributed by atoms with Crippen molar-refractivity contribution in [2.45, 2.75) is 33.1 Å². The smallest absolute Gasteiger partial charge is 0.308 e. The molecule has 1 heterocycles. The lowest BCUT2D eigenvalue weighted by Gasteiger charge is -2.34. The standard InChI is InChI=1S/C13H23NO4/c1-3-18-6-4-5-12(15)14-8-10(2)7-11(9-14)13(16)17/h10-11H,3-9H2,1-2H3,(H,16,17). The zero-order valence-electron chi connectivity index (χ0n) is 11.2. The molecule has 1 fully saturated rings. The van der Waals surface area contributed by atoms with Gasteiger partial charge in [0.2, 0.25) is 5.91 Å². The molecular formula is C13H23NO4. The molecule has 0 aliphatic carbocycles. The van der Waals surface area contributed by atoms with Gasteiger partial charge in [-0.3, -0.25) is 9.59 Å². The van der Waals surface area contributed by atoms with Crippen LogP contribution >= 0.6 is 0 Å². The lowest BCUT2D eigenvalue weighted by atomic mass is 9.90. The summed E-state index contributed by atoms with van der Waals surface area (Å²) in [7, 11) is 0. The summed E-state index contributed by atoms with van der Waals surface area (Å²) in [4.78, 5) is 24.7. The summed E-state index contributed by atoms with van der Waals surface area (Å²) in [6, 6.07) is 0. The second kappa shape index (κ2) is 7.36. The zero-order chi connectivity index (χ0) is 13.5. The third kappa shape index (κ3) is 4.64. The van der Waals surface area contributed by atoms with Crippen molar-refractivity contribution in [2.75, 3.05) is 26.3 Å². The number of piperidine rings is 1. The van der Waals surface area contributed by atoms with Crippen molar-refractivity contribution in [3.8, 4) is 0 Å². The van der Waals surface area contributed by atoms with E-state index < -0.39 is 11.9 Å². The summed E-state index contributed by atoms with van der Waals surface area (Å²) in [6.07, 6.45) is 1.81.